The van der Waals surface area contributed by atoms with E-state index in [1.165, 1.54) is 6.07 Å². The molecule has 36 heavy (non-hydrogen) atoms. The van der Waals surface area contributed by atoms with Gasteiger partial charge in [0, 0.05) is 23.5 Å². The SMILES string of the molecule is O=[N+]([O-])c1cccc(N(c2ccccc2)c2ccc(C=C(c3ccccc3)c3ccccc3)cc2)c1. The van der Waals surface area contributed by atoms with Gasteiger partial charge in [-0.25, -0.2) is 0 Å². The Morgan fingerprint density at radius 1 is 0.583 bits per heavy atom. The highest BCUT2D eigenvalue weighted by molar-refractivity contribution is 5.91. The van der Waals surface area contributed by atoms with Crippen LogP contribution in [0.5, 0.6) is 0 Å². The zero-order chi connectivity index (χ0) is 24.7. The predicted molar refractivity (Wildman–Crippen MR) is 148 cm³/mol. The second kappa shape index (κ2) is 10.5. The third-order valence-corrected chi connectivity index (χ3v) is 5.95. The highest BCUT2D eigenvalue weighted by Crippen LogP contribution is 2.36. The molecule has 0 N–H and O–H groups in total. The quantitative estimate of drug-likeness (QED) is 0.136. The number of non-ortho nitro benzene ring substituents is 1. The van der Waals surface area contributed by atoms with Crippen molar-refractivity contribution >= 4 is 34.4 Å². The number of rotatable bonds is 7. The molecule has 0 heterocycles. The third kappa shape index (κ3) is 5.08. The monoisotopic (exact) mass is 468 g/mol. The highest BCUT2D eigenvalue weighted by Gasteiger charge is 2.15. The van der Waals surface area contributed by atoms with E-state index < -0.39 is 0 Å². The molecule has 5 rings (SSSR count). The third-order valence-electron chi connectivity index (χ3n) is 5.95. The van der Waals surface area contributed by atoms with E-state index in [-0.39, 0.29) is 10.6 Å². The maximum absolute atomic E-state index is 11.4. The van der Waals surface area contributed by atoms with Crippen molar-refractivity contribution in [2.45, 2.75) is 0 Å². The van der Waals surface area contributed by atoms with E-state index in [0.717, 1.165) is 39.3 Å². The van der Waals surface area contributed by atoms with Crippen LogP contribution in [0.15, 0.2) is 140 Å². The molecule has 0 spiro atoms. The van der Waals surface area contributed by atoms with Gasteiger partial charge in [0.15, 0.2) is 0 Å². The first-order chi connectivity index (χ1) is 17.7. The Labute approximate surface area is 210 Å². The standard InChI is InChI=1S/C32H24N2O2/c35-34(36)31-18-10-17-30(24-31)33(28-15-8-3-9-16-28)29-21-19-25(20-22-29)23-32(26-11-4-1-5-12-26)27-13-6-2-7-14-27/h1-24H. The maximum Gasteiger partial charge on any atom is 0.271 e. The smallest absolute Gasteiger partial charge is 0.271 e. The summed E-state index contributed by atoms with van der Waals surface area (Å²) < 4.78 is 0. The first kappa shape index (κ1) is 22.8. The number of para-hydroxylation sites is 1. The van der Waals surface area contributed by atoms with Crippen LogP contribution in [0.3, 0.4) is 0 Å². The summed E-state index contributed by atoms with van der Waals surface area (Å²) >= 11 is 0. The molecule has 0 aromatic heterocycles. The summed E-state index contributed by atoms with van der Waals surface area (Å²) in [4.78, 5) is 13.1. The van der Waals surface area contributed by atoms with E-state index in [4.69, 9.17) is 0 Å². The van der Waals surface area contributed by atoms with Gasteiger partial charge in [-0.2, -0.15) is 0 Å². The highest BCUT2D eigenvalue weighted by atomic mass is 16.6. The van der Waals surface area contributed by atoms with Crippen molar-refractivity contribution < 1.29 is 4.92 Å². The molecule has 174 valence electrons. The fourth-order valence-corrected chi connectivity index (χ4v) is 4.22. The lowest BCUT2D eigenvalue weighted by atomic mass is 9.95. The average molecular weight is 469 g/mol. The Morgan fingerprint density at radius 3 is 1.64 bits per heavy atom. The molecule has 5 aromatic carbocycles. The zero-order valence-corrected chi connectivity index (χ0v) is 19.6. The maximum atomic E-state index is 11.4. The van der Waals surface area contributed by atoms with Crippen LogP contribution in [-0.2, 0) is 0 Å². The van der Waals surface area contributed by atoms with Crippen LogP contribution >= 0.6 is 0 Å². The molecular weight excluding hydrogens is 444 g/mol. The lowest BCUT2D eigenvalue weighted by molar-refractivity contribution is -0.384. The van der Waals surface area contributed by atoms with Crippen LogP contribution in [0.25, 0.3) is 11.6 Å². The van der Waals surface area contributed by atoms with E-state index >= 15 is 0 Å². The Morgan fingerprint density at radius 2 is 1.08 bits per heavy atom. The fraction of sp³-hybridized carbons (Fsp3) is 0. The summed E-state index contributed by atoms with van der Waals surface area (Å²) in [6.07, 6.45) is 2.19. The van der Waals surface area contributed by atoms with Gasteiger partial charge in [0.05, 0.1) is 10.6 Å². The van der Waals surface area contributed by atoms with Crippen molar-refractivity contribution in [1.29, 1.82) is 0 Å². The number of nitrogens with zero attached hydrogens (tertiary/aromatic N) is 2. The van der Waals surface area contributed by atoms with E-state index in [1.807, 2.05) is 89.8 Å². The minimum Gasteiger partial charge on any atom is -0.310 e. The van der Waals surface area contributed by atoms with Crippen molar-refractivity contribution in [3.05, 3.63) is 166 Å². The van der Waals surface area contributed by atoms with Gasteiger partial charge in [0.2, 0.25) is 0 Å². The summed E-state index contributed by atoms with van der Waals surface area (Å²) in [6, 6.07) is 45.5. The normalized spacial score (nSPS) is 10.4. The predicted octanol–water partition coefficient (Wildman–Crippen LogP) is 8.65. The second-order valence-corrected chi connectivity index (χ2v) is 8.33. The minimum absolute atomic E-state index is 0.0587. The molecule has 0 radical (unpaired) electrons. The molecule has 0 atom stereocenters. The van der Waals surface area contributed by atoms with Crippen molar-refractivity contribution in [3.8, 4) is 0 Å². The van der Waals surface area contributed by atoms with Crippen LogP contribution in [0.1, 0.15) is 16.7 Å². The number of hydrogen-bond donors (Lipinski definition) is 0. The zero-order valence-electron chi connectivity index (χ0n) is 19.6. The molecule has 0 amide bonds. The van der Waals surface area contributed by atoms with Crippen molar-refractivity contribution in [2.75, 3.05) is 4.90 Å². The number of nitro benzene ring substituents is 1. The summed E-state index contributed by atoms with van der Waals surface area (Å²) in [5.74, 6) is 0. The molecule has 0 aliphatic heterocycles. The van der Waals surface area contributed by atoms with Crippen molar-refractivity contribution in [3.63, 3.8) is 0 Å². The first-order valence-electron chi connectivity index (χ1n) is 11.7. The lowest BCUT2D eigenvalue weighted by Gasteiger charge is -2.25. The van der Waals surface area contributed by atoms with E-state index in [9.17, 15) is 10.1 Å². The van der Waals surface area contributed by atoms with E-state index in [0.29, 0.717) is 0 Å². The molecule has 0 bridgehead atoms. The summed E-state index contributed by atoms with van der Waals surface area (Å²) in [5.41, 5.74) is 7.13. The van der Waals surface area contributed by atoms with Gasteiger partial charge in [0.25, 0.3) is 5.69 Å². The molecule has 0 fully saturated rings. The number of hydrogen-bond acceptors (Lipinski definition) is 3. The molecule has 0 saturated carbocycles. The van der Waals surface area contributed by atoms with Gasteiger partial charge in [-0.3, -0.25) is 10.1 Å². The summed E-state index contributed by atoms with van der Waals surface area (Å²) in [6.45, 7) is 0. The first-order valence-corrected chi connectivity index (χ1v) is 11.7. The molecule has 0 aliphatic rings. The molecular formula is C32H24N2O2. The van der Waals surface area contributed by atoms with Crippen LogP contribution < -0.4 is 4.90 Å². The number of benzene rings is 5. The summed E-state index contributed by atoms with van der Waals surface area (Å²) in [7, 11) is 0. The summed E-state index contributed by atoms with van der Waals surface area (Å²) in [5, 5.41) is 11.4. The largest absolute Gasteiger partial charge is 0.310 e. The lowest BCUT2D eigenvalue weighted by Crippen LogP contribution is -2.10. The molecule has 4 heteroatoms. The minimum atomic E-state index is -0.366. The molecule has 5 aromatic rings. The van der Waals surface area contributed by atoms with Gasteiger partial charge in [-0.05, 0) is 58.7 Å². The fourth-order valence-electron chi connectivity index (χ4n) is 4.22. The van der Waals surface area contributed by atoms with Gasteiger partial charge in [-0.1, -0.05) is 97.1 Å². The Kier molecular flexibility index (Phi) is 6.68. The number of nitro groups is 1. The second-order valence-electron chi connectivity index (χ2n) is 8.33. The van der Waals surface area contributed by atoms with E-state index in [2.05, 4.69) is 42.5 Å². The van der Waals surface area contributed by atoms with E-state index in [1.54, 1.807) is 12.1 Å². The Balaban J connectivity index is 1.56. The molecule has 0 aliphatic carbocycles. The molecule has 0 unspecified atom stereocenters. The number of anilines is 3. The molecule has 0 saturated heterocycles. The Bertz CT molecular complexity index is 1440. The van der Waals surface area contributed by atoms with Crippen LogP contribution in [0, 0.1) is 10.1 Å². The topological polar surface area (TPSA) is 46.4 Å². The van der Waals surface area contributed by atoms with Gasteiger partial charge < -0.3 is 4.90 Å². The Hall–Kier alpha value is -4.96. The van der Waals surface area contributed by atoms with Crippen LogP contribution in [0.4, 0.5) is 22.7 Å². The molecule has 4 nitrogen and oxygen atoms in total. The van der Waals surface area contributed by atoms with Gasteiger partial charge >= 0.3 is 0 Å². The van der Waals surface area contributed by atoms with Gasteiger partial charge in [-0.15, -0.1) is 0 Å². The van der Waals surface area contributed by atoms with Crippen LogP contribution in [-0.4, -0.2) is 4.92 Å². The van der Waals surface area contributed by atoms with Gasteiger partial charge in [0.1, 0.15) is 0 Å². The van der Waals surface area contributed by atoms with Crippen molar-refractivity contribution in [2.24, 2.45) is 0 Å². The van der Waals surface area contributed by atoms with Crippen LogP contribution in [0.2, 0.25) is 0 Å². The van der Waals surface area contributed by atoms with Crippen molar-refractivity contribution in [1.82, 2.24) is 0 Å². The average Bonchev–Trinajstić information content (AvgIpc) is 2.94.